The number of ether oxygens (including phenoxy) is 4. The number of hydrogen-bond acceptors (Lipinski definition) is 9. The van der Waals surface area contributed by atoms with Gasteiger partial charge in [-0.1, -0.05) is 12.2 Å². The van der Waals surface area contributed by atoms with E-state index in [-0.39, 0.29) is 23.9 Å². The molecule has 2 rings (SSSR count). The number of methoxy groups -OCH3 is 2. The lowest BCUT2D eigenvalue weighted by Gasteiger charge is -2.39. The summed E-state index contributed by atoms with van der Waals surface area (Å²) in [5, 5.41) is 48.0. The highest BCUT2D eigenvalue weighted by molar-refractivity contribution is 5.62. The van der Waals surface area contributed by atoms with Crippen molar-refractivity contribution in [1.82, 2.24) is 0 Å². The summed E-state index contributed by atoms with van der Waals surface area (Å²) in [4.78, 5) is 0. The van der Waals surface area contributed by atoms with Crippen molar-refractivity contribution in [2.75, 3.05) is 27.4 Å². The Morgan fingerprint density at radius 1 is 1.00 bits per heavy atom. The van der Waals surface area contributed by atoms with E-state index in [4.69, 9.17) is 24.1 Å². The van der Waals surface area contributed by atoms with Gasteiger partial charge in [-0.15, -0.1) is 0 Å². The largest absolute Gasteiger partial charge is 0.493 e. The summed E-state index contributed by atoms with van der Waals surface area (Å²) in [7, 11) is 2.82. The van der Waals surface area contributed by atoms with Crippen LogP contribution in [0.4, 0.5) is 0 Å². The lowest BCUT2D eigenvalue weighted by molar-refractivity contribution is -0.277. The minimum atomic E-state index is -1.56. The summed E-state index contributed by atoms with van der Waals surface area (Å²) >= 11 is 0. The molecule has 1 fully saturated rings. The van der Waals surface area contributed by atoms with Gasteiger partial charge in [0.05, 0.1) is 27.4 Å². The molecule has 0 unspecified atom stereocenters. The van der Waals surface area contributed by atoms with Gasteiger partial charge >= 0.3 is 0 Å². The van der Waals surface area contributed by atoms with Gasteiger partial charge in [-0.2, -0.15) is 0 Å². The minimum Gasteiger partial charge on any atom is -0.493 e. The molecule has 0 aliphatic carbocycles. The second-order valence-corrected chi connectivity index (χ2v) is 5.65. The fraction of sp³-hybridized carbons (Fsp3) is 0.529. The van der Waals surface area contributed by atoms with E-state index in [1.807, 2.05) is 0 Å². The SMILES string of the molecule is COc1cc(/C=C\CO)cc(OC)c1O[C@@H]1O[C@@H](CO)[C@H](O)[C@@H](O)[C@@H]1O. The van der Waals surface area contributed by atoms with Gasteiger partial charge in [0.25, 0.3) is 0 Å². The zero-order valence-electron chi connectivity index (χ0n) is 14.5. The highest BCUT2D eigenvalue weighted by Crippen LogP contribution is 2.40. The predicted octanol–water partition coefficient (Wildman–Crippen LogP) is -1.11. The van der Waals surface area contributed by atoms with Gasteiger partial charge in [0.15, 0.2) is 11.5 Å². The quantitative estimate of drug-likeness (QED) is 0.403. The second-order valence-electron chi connectivity index (χ2n) is 5.65. The van der Waals surface area contributed by atoms with Crippen molar-refractivity contribution in [3.05, 3.63) is 23.8 Å². The van der Waals surface area contributed by atoms with Gasteiger partial charge in [0.1, 0.15) is 24.4 Å². The topological polar surface area (TPSA) is 138 Å². The first-order valence-electron chi connectivity index (χ1n) is 7.97. The molecular formula is C17H24O9. The van der Waals surface area contributed by atoms with Crippen LogP contribution in [0, 0.1) is 0 Å². The Morgan fingerprint density at radius 2 is 1.62 bits per heavy atom. The van der Waals surface area contributed by atoms with Crippen LogP contribution in [0.15, 0.2) is 18.2 Å². The number of benzene rings is 1. The Morgan fingerprint density at radius 3 is 2.12 bits per heavy atom. The number of aliphatic hydroxyl groups is 5. The third-order valence-electron chi connectivity index (χ3n) is 3.98. The number of aliphatic hydroxyl groups excluding tert-OH is 5. The lowest BCUT2D eigenvalue weighted by Crippen LogP contribution is -2.60. The Kier molecular flexibility index (Phi) is 7.21. The molecule has 0 saturated carbocycles. The number of rotatable bonds is 7. The molecule has 1 saturated heterocycles. The van der Waals surface area contributed by atoms with Crippen LogP contribution in [0.3, 0.4) is 0 Å². The van der Waals surface area contributed by atoms with Crippen LogP contribution >= 0.6 is 0 Å². The van der Waals surface area contributed by atoms with Crippen LogP contribution in [0.5, 0.6) is 17.2 Å². The molecule has 9 nitrogen and oxygen atoms in total. The highest BCUT2D eigenvalue weighted by Gasteiger charge is 2.45. The number of hydrogen-bond donors (Lipinski definition) is 5. The van der Waals surface area contributed by atoms with Crippen LogP contribution < -0.4 is 14.2 Å². The van der Waals surface area contributed by atoms with Gasteiger partial charge in [-0.3, -0.25) is 0 Å². The summed E-state index contributed by atoms with van der Waals surface area (Å²) in [6.07, 6.45) is -3.88. The minimum absolute atomic E-state index is 0.112. The molecule has 0 amide bonds. The van der Waals surface area contributed by atoms with E-state index in [1.54, 1.807) is 18.2 Å². The average Bonchev–Trinajstić information content (AvgIpc) is 2.66. The van der Waals surface area contributed by atoms with E-state index in [1.165, 1.54) is 20.3 Å². The molecule has 0 spiro atoms. The summed E-state index contributed by atoms with van der Waals surface area (Å²) in [6, 6.07) is 3.24. The van der Waals surface area contributed by atoms with Crippen LogP contribution in [0.1, 0.15) is 5.56 Å². The fourth-order valence-corrected chi connectivity index (χ4v) is 2.58. The molecule has 5 atom stereocenters. The second kappa shape index (κ2) is 9.17. The highest BCUT2D eigenvalue weighted by atomic mass is 16.7. The molecule has 0 bridgehead atoms. The maximum absolute atomic E-state index is 10.1. The zero-order chi connectivity index (χ0) is 19.3. The van der Waals surface area contributed by atoms with Crippen molar-refractivity contribution in [2.45, 2.75) is 30.7 Å². The maximum Gasteiger partial charge on any atom is 0.229 e. The van der Waals surface area contributed by atoms with Crippen molar-refractivity contribution in [3.8, 4) is 17.2 Å². The molecule has 1 heterocycles. The maximum atomic E-state index is 10.1. The van der Waals surface area contributed by atoms with Crippen molar-refractivity contribution in [2.24, 2.45) is 0 Å². The van der Waals surface area contributed by atoms with Gasteiger partial charge in [-0.05, 0) is 17.7 Å². The van der Waals surface area contributed by atoms with E-state index in [0.29, 0.717) is 5.56 Å². The van der Waals surface area contributed by atoms with E-state index in [2.05, 4.69) is 0 Å². The van der Waals surface area contributed by atoms with Crippen LogP contribution in [-0.4, -0.2) is 83.7 Å². The van der Waals surface area contributed by atoms with E-state index in [0.717, 1.165) is 0 Å². The molecule has 5 N–H and O–H groups in total. The molecule has 1 aromatic carbocycles. The monoisotopic (exact) mass is 372 g/mol. The Labute approximate surface area is 150 Å². The van der Waals surface area contributed by atoms with Crippen LogP contribution in [0.25, 0.3) is 6.08 Å². The van der Waals surface area contributed by atoms with Crippen LogP contribution in [-0.2, 0) is 4.74 Å². The molecule has 0 aromatic heterocycles. The standard InChI is InChI=1S/C17H24O9/c1-23-10-6-9(4-3-5-18)7-11(24-2)16(10)26-17-15(22)14(21)13(20)12(8-19)25-17/h3-4,6-7,12-15,17-22H,5,8H2,1-2H3/b4-3-/t12-,13-,14+,15-,17-/m0/s1. The average molecular weight is 372 g/mol. The third kappa shape index (κ3) is 4.26. The van der Waals surface area contributed by atoms with E-state index < -0.39 is 37.3 Å². The molecule has 1 aromatic rings. The van der Waals surface area contributed by atoms with Gasteiger partial charge < -0.3 is 44.5 Å². The Balaban J connectivity index is 2.33. The summed E-state index contributed by atoms with van der Waals surface area (Å²) < 4.78 is 21.6. The first kappa shape index (κ1) is 20.4. The van der Waals surface area contributed by atoms with Crippen molar-refractivity contribution in [1.29, 1.82) is 0 Å². The van der Waals surface area contributed by atoms with Crippen molar-refractivity contribution < 1.29 is 44.5 Å². The van der Waals surface area contributed by atoms with Gasteiger partial charge in [-0.25, -0.2) is 0 Å². The third-order valence-corrected chi connectivity index (χ3v) is 3.98. The molecule has 1 aliphatic heterocycles. The Hall–Kier alpha value is -1.88. The molecule has 146 valence electrons. The molecule has 9 heteroatoms. The fourth-order valence-electron chi connectivity index (χ4n) is 2.58. The van der Waals surface area contributed by atoms with E-state index >= 15 is 0 Å². The van der Waals surface area contributed by atoms with Crippen LogP contribution in [0.2, 0.25) is 0 Å². The van der Waals surface area contributed by atoms with Gasteiger partial charge in [0, 0.05) is 0 Å². The Bertz CT molecular complexity index is 591. The normalized spacial score (nSPS) is 29.0. The summed E-state index contributed by atoms with van der Waals surface area (Å²) in [5.74, 6) is 0.637. The molecule has 0 radical (unpaired) electrons. The molecular weight excluding hydrogens is 348 g/mol. The molecule has 1 aliphatic rings. The smallest absolute Gasteiger partial charge is 0.229 e. The zero-order valence-corrected chi connectivity index (χ0v) is 14.5. The predicted molar refractivity (Wildman–Crippen MR) is 90.1 cm³/mol. The lowest BCUT2D eigenvalue weighted by atomic mass is 9.99. The van der Waals surface area contributed by atoms with E-state index in [9.17, 15) is 20.4 Å². The summed E-state index contributed by atoms with van der Waals surface area (Å²) in [6.45, 7) is -0.697. The first-order chi connectivity index (χ1) is 12.5. The van der Waals surface area contributed by atoms with Crippen molar-refractivity contribution in [3.63, 3.8) is 0 Å². The summed E-state index contributed by atoms with van der Waals surface area (Å²) in [5.41, 5.74) is 0.675. The molecule has 26 heavy (non-hydrogen) atoms. The van der Waals surface area contributed by atoms with Gasteiger partial charge in [0.2, 0.25) is 12.0 Å². The first-order valence-corrected chi connectivity index (χ1v) is 7.97. The van der Waals surface area contributed by atoms with Crippen molar-refractivity contribution >= 4 is 6.08 Å².